The Labute approximate surface area is 129 Å². The highest BCUT2D eigenvalue weighted by molar-refractivity contribution is 4.91. The number of methoxy groups -OCH3 is 2. The van der Waals surface area contributed by atoms with Gasteiger partial charge in [-0.3, -0.25) is 4.90 Å². The van der Waals surface area contributed by atoms with E-state index in [4.69, 9.17) is 14.2 Å². The van der Waals surface area contributed by atoms with E-state index in [0.29, 0.717) is 5.41 Å². The van der Waals surface area contributed by atoms with E-state index >= 15 is 0 Å². The third-order valence-electron chi connectivity index (χ3n) is 4.68. The molecule has 21 heavy (non-hydrogen) atoms. The average Bonchev–Trinajstić information content (AvgIpc) is 3.33. The van der Waals surface area contributed by atoms with Crippen LogP contribution in [0.4, 0.5) is 0 Å². The SMILES string of the molecule is COCCN(CCOC)CC1(CNC2CC2)CCOCC1. The van der Waals surface area contributed by atoms with Crippen molar-refractivity contribution in [3.8, 4) is 0 Å². The summed E-state index contributed by atoms with van der Waals surface area (Å²) >= 11 is 0. The third-order valence-corrected chi connectivity index (χ3v) is 4.68. The fourth-order valence-electron chi connectivity index (χ4n) is 3.03. The van der Waals surface area contributed by atoms with Crippen LogP contribution < -0.4 is 5.32 Å². The summed E-state index contributed by atoms with van der Waals surface area (Å²) in [6.45, 7) is 7.56. The monoisotopic (exact) mass is 300 g/mol. The molecule has 2 rings (SSSR count). The highest BCUT2D eigenvalue weighted by Gasteiger charge is 2.36. The molecule has 0 aromatic carbocycles. The van der Waals surface area contributed by atoms with Gasteiger partial charge >= 0.3 is 0 Å². The van der Waals surface area contributed by atoms with Crippen molar-refractivity contribution in [3.63, 3.8) is 0 Å². The number of ether oxygens (including phenoxy) is 3. The number of nitrogens with one attached hydrogen (secondary N) is 1. The van der Waals surface area contributed by atoms with Crippen LogP contribution in [0.2, 0.25) is 0 Å². The number of hydrogen-bond acceptors (Lipinski definition) is 5. The van der Waals surface area contributed by atoms with Gasteiger partial charge in [-0.2, -0.15) is 0 Å². The van der Waals surface area contributed by atoms with Crippen molar-refractivity contribution in [1.82, 2.24) is 10.2 Å². The first kappa shape index (κ1) is 17.2. The summed E-state index contributed by atoms with van der Waals surface area (Å²) in [6.07, 6.45) is 5.01. The fourth-order valence-corrected chi connectivity index (χ4v) is 3.03. The van der Waals surface area contributed by atoms with Crippen molar-refractivity contribution in [2.75, 3.05) is 66.8 Å². The summed E-state index contributed by atoms with van der Waals surface area (Å²) in [6, 6.07) is 0.774. The first-order chi connectivity index (χ1) is 10.3. The normalized spacial score (nSPS) is 21.9. The van der Waals surface area contributed by atoms with E-state index < -0.39 is 0 Å². The molecule has 5 heteroatoms. The summed E-state index contributed by atoms with van der Waals surface area (Å²) in [5.74, 6) is 0. The molecule has 0 unspecified atom stereocenters. The predicted octanol–water partition coefficient (Wildman–Crippen LogP) is 1.13. The third kappa shape index (κ3) is 6.20. The topological polar surface area (TPSA) is 43.0 Å². The van der Waals surface area contributed by atoms with E-state index in [1.54, 1.807) is 14.2 Å². The van der Waals surface area contributed by atoms with Crippen molar-refractivity contribution in [2.45, 2.75) is 31.7 Å². The highest BCUT2D eigenvalue weighted by atomic mass is 16.5. The van der Waals surface area contributed by atoms with Gasteiger partial charge in [0.25, 0.3) is 0 Å². The molecule has 0 atom stereocenters. The second kappa shape index (κ2) is 9.06. The molecule has 1 heterocycles. The smallest absolute Gasteiger partial charge is 0.0589 e. The van der Waals surface area contributed by atoms with E-state index in [-0.39, 0.29) is 0 Å². The van der Waals surface area contributed by atoms with Gasteiger partial charge in [-0.15, -0.1) is 0 Å². The second-order valence-electron chi connectivity index (χ2n) is 6.53. The second-order valence-corrected chi connectivity index (χ2v) is 6.53. The quantitative estimate of drug-likeness (QED) is 0.620. The van der Waals surface area contributed by atoms with E-state index in [2.05, 4.69) is 10.2 Å². The standard InChI is InChI=1S/C16H32N2O3/c1-19-11-7-18(8-12-20-2)14-16(5-9-21-10-6-16)13-17-15-3-4-15/h15,17H,3-14H2,1-2H3. The van der Waals surface area contributed by atoms with Crippen molar-refractivity contribution >= 4 is 0 Å². The zero-order valence-electron chi connectivity index (χ0n) is 13.7. The van der Waals surface area contributed by atoms with Crippen LogP contribution in [-0.2, 0) is 14.2 Å². The van der Waals surface area contributed by atoms with Crippen LogP contribution in [0, 0.1) is 5.41 Å². The lowest BCUT2D eigenvalue weighted by Gasteiger charge is -2.41. The summed E-state index contributed by atoms with van der Waals surface area (Å²) < 4.78 is 16.1. The van der Waals surface area contributed by atoms with Gasteiger partial charge < -0.3 is 19.5 Å². The van der Waals surface area contributed by atoms with Crippen LogP contribution in [-0.4, -0.2) is 77.8 Å². The van der Waals surface area contributed by atoms with Crippen LogP contribution in [0.5, 0.6) is 0 Å². The van der Waals surface area contributed by atoms with Gasteiger partial charge in [0.2, 0.25) is 0 Å². The Kier molecular flexibility index (Phi) is 7.40. The van der Waals surface area contributed by atoms with Gasteiger partial charge in [-0.1, -0.05) is 0 Å². The minimum atomic E-state index is 0.350. The van der Waals surface area contributed by atoms with Crippen LogP contribution >= 0.6 is 0 Å². The van der Waals surface area contributed by atoms with Crippen molar-refractivity contribution in [2.24, 2.45) is 5.41 Å². The lowest BCUT2D eigenvalue weighted by atomic mass is 9.79. The average molecular weight is 300 g/mol. The molecule has 5 nitrogen and oxygen atoms in total. The molecule has 0 aromatic heterocycles. The van der Waals surface area contributed by atoms with Crippen molar-refractivity contribution in [1.29, 1.82) is 0 Å². The van der Waals surface area contributed by atoms with Crippen LogP contribution in [0.15, 0.2) is 0 Å². The molecule has 1 aliphatic carbocycles. The molecular weight excluding hydrogens is 268 g/mol. The lowest BCUT2D eigenvalue weighted by Crippen LogP contribution is -2.49. The van der Waals surface area contributed by atoms with Gasteiger partial charge in [0.1, 0.15) is 0 Å². The molecule has 0 spiro atoms. The van der Waals surface area contributed by atoms with E-state index in [9.17, 15) is 0 Å². The lowest BCUT2D eigenvalue weighted by molar-refractivity contribution is -0.0114. The van der Waals surface area contributed by atoms with Crippen molar-refractivity contribution < 1.29 is 14.2 Å². The Bertz CT molecular complexity index is 271. The van der Waals surface area contributed by atoms with Crippen LogP contribution in [0.1, 0.15) is 25.7 Å². The van der Waals surface area contributed by atoms with Gasteiger partial charge in [0, 0.05) is 59.7 Å². The van der Waals surface area contributed by atoms with E-state index in [1.807, 2.05) is 0 Å². The van der Waals surface area contributed by atoms with Crippen molar-refractivity contribution in [3.05, 3.63) is 0 Å². The highest BCUT2D eigenvalue weighted by Crippen LogP contribution is 2.32. The summed E-state index contributed by atoms with van der Waals surface area (Å²) in [4.78, 5) is 2.49. The molecule has 1 saturated carbocycles. The van der Waals surface area contributed by atoms with Crippen LogP contribution in [0.25, 0.3) is 0 Å². The number of nitrogens with zero attached hydrogens (tertiary/aromatic N) is 1. The minimum Gasteiger partial charge on any atom is -0.383 e. The Balaban J connectivity index is 1.88. The van der Waals surface area contributed by atoms with Gasteiger partial charge in [0.15, 0.2) is 0 Å². The molecule has 1 saturated heterocycles. The minimum absolute atomic E-state index is 0.350. The van der Waals surface area contributed by atoms with Gasteiger partial charge in [0.05, 0.1) is 13.2 Å². The molecule has 1 aliphatic heterocycles. The largest absolute Gasteiger partial charge is 0.383 e. The summed E-state index contributed by atoms with van der Waals surface area (Å²) in [5.41, 5.74) is 0.350. The molecule has 0 bridgehead atoms. The Morgan fingerprint density at radius 1 is 1.10 bits per heavy atom. The molecule has 2 fully saturated rings. The van der Waals surface area contributed by atoms with E-state index in [0.717, 1.165) is 71.5 Å². The number of hydrogen-bond donors (Lipinski definition) is 1. The zero-order valence-corrected chi connectivity index (χ0v) is 13.7. The summed E-state index contributed by atoms with van der Waals surface area (Å²) in [7, 11) is 3.54. The molecule has 0 amide bonds. The zero-order chi connectivity index (χ0) is 15.0. The van der Waals surface area contributed by atoms with Crippen LogP contribution in [0.3, 0.4) is 0 Å². The number of rotatable bonds is 11. The maximum absolute atomic E-state index is 5.60. The Morgan fingerprint density at radius 3 is 2.24 bits per heavy atom. The molecule has 0 radical (unpaired) electrons. The Morgan fingerprint density at radius 2 is 1.71 bits per heavy atom. The summed E-state index contributed by atoms with van der Waals surface area (Å²) in [5, 5.41) is 3.74. The first-order valence-electron chi connectivity index (χ1n) is 8.29. The maximum Gasteiger partial charge on any atom is 0.0589 e. The van der Waals surface area contributed by atoms with Gasteiger partial charge in [-0.25, -0.2) is 0 Å². The first-order valence-corrected chi connectivity index (χ1v) is 8.29. The van der Waals surface area contributed by atoms with Gasteiger partial charge in [-0.05, 0) is 31.1 Å². The molecule has 2 aliphatic rings. The predicted molar refractivity (Wildman–Crippen MR) is 83.7 cm³/mol. The maximum atomic E-state index is 5.60. The molecular formula is C16H32N2O3. The molecule has 1 N–H and O–H groups in total. The Hall–Kier alpha value is -0.200. The molecule has 124 valence electrons. The molecule has 0 aromatic rings. The van der Waals surface area contributed by atoms with E-state index in [1.165, 1.54) is 12.8 Å². The fraction of sp³-hybridized carbons (Fsp3) is 1.00.